The number of esters is 2. The van der Waals surface area contributed by atoms with Crippen LogP contribution in [-0.2, 0) is 30.2 Å². The molecule has 3 aromatic carbocycles. The van der Waals surface area contributed by atoms with Gasteiger partial charge in [-0.05, 0) is 60.4 Å². The Hall–Kier alpha value is -4.40. The normalized spacial score (nSPS) is 17.4. The van der Waals surface area contributed by atoms with Gasteiger partial charge in [0.15, 0.2) is 12.7 Å². The number of carbonyl (C=O) groups is 3. The van der Waals surface area contributed by atoms with Crippen LogP contribution >= 0.6 is 0 Å². The molecule has 3 aromatic rings. The van der Waals surface area contributed by atoms with E-state index in [-0.39, 0.29) is 6.61 Å². The molecule has 0 aliphatic carbocycles. The predicted octanol–water partition coefficient (Wildman–Crippen LogP) is 5.01. The van der Waals surface area contributed by atoms with Gasteiger partial charge in [-0.2, -0.15) is 0 Å². The Morgan fingerprint density at radius 3 is 2.32 bits per heavy atom. The lowest BCUT2D eigenvalue weighted by Gasteiger charge is -2.29. The first-order chi connectivity index (χ1) is 18.4. The third-order valence-electron chi connectivity index (χ3n) is 6.18. The van der Waals surface area contributed by atoms with Crippen molar-refractivity contribution in [2.75, 3.05) is 18.6 Å². The molecule has 0 saturated carbocycles. The van der Waals surface area contributed by atoms with Gasteiger partial charge >= 0.3 is 18.0 Å². The number of nitrogens with zero attached hydrogens (tertiary/aromatic N) is 1. The molecular weight excluding hydrogens is 493 g/mol. The molecule has 1 amide bonds. The lowest BCUT2D eigenvalue weighted by molar-refractivity contribution is -0.152. The highest BCUT2D eigenvalue weighted by molar-refractivity contribution is 5.91. The maximum atomic E-state index is 13.7. The van der Waals surface area contributed by atoms with Gasteiger partial charge in [0.05, 0.1) is 7.11 Å². The van der Waals surface area contributed by atoms with Crippen molar-refractivity contribution in [3.05, 3.63) is 95.8 Å². The standard InChI is InChI=1S/C29H28FNO7/c1-19(32)37-25(17-8-20-6-4-3-5-7-20)28-27(21-9-15-24(16-10-21)36-18-26(33)35-2)31(29(34)38-28)23-13-11-22(30)12-14-23/h3-7,9-16,25,27-28H,8,17-18H2,1-2H3. The van der Waals surface area contributed by atoms with Crippen molar-refractivity contribution in [3.8, 4) is 5.75 Å². The Kier molecular flexibility index (Phi) is 8.58. The van der Waals surface area contributed by atoms with E-state index < -0.39 is 42.1 Å². The molecule has 38 heavy (non-hydrogen) atoms. The minimum absolute atomic E-state index is 0.251. The van der Waals surface area contributed by atoms with Gasteiger partial charge in [-0.1, -0.05) is 42.5 Å². The molecule has 4 rings (SSSR count). The molecule has 0 radical (unpaired) electrons. The zero-order valence-corrected chi connectivity index (χ0v) is 21.0. The van der Waals surface area contributed by atoms with E-state index in [0.29, 0.717) is 29.8 Å². The van der Waals surface area contributed by atoms with E-state index >= 15 is 0 Å². The van der Waals surface area contributed by atoms with Crippen LogP contribution in [0.3, 0.4) is 0 Å². The van der Waals surface area contributed by atoms with Crippen LogP contribution in [0, 0.1) is 5.82 Å². The van der Waals surface area contributed by atoms with Crippen LogP contribution < -0.4 is 9.64 Å². The van der Waals surface area contributed by atoms with Crippen LogP contribution in [0.15, 0.2) is 78.9 Å². The van der Waals surface area contributed by atoms with E-state index in [4.69, 9.17) is 14.2 Å². The number of hydrogen-bond donors (Lipinski definition) is 0. The quantitative estimate of drug-likeness (QED) is 0.274. The maximum Gasteiger partial charge on any atom is 0.415 e. The Balaban J connectivity index is 1.67. The molecule has 0 N–H and O–H groups in total. The summed E-state index contributed by atoms with van der Waals surface area (Å²) in [5, 5.41) is 0. The van der Waals surface area contributed by atoms with Gasteiger partial charge in [-0.25, -0.2) is 14.0 Å². The van der Waals surface area contributed by atoms with Gasteiger partial charge in [0.2, 0.25) is 0 Å². The fraction of sp³-hybridized carbons (Fsp3) is 0.276. The van der Waals surface area contributed by atoms with Crippen LogP contribution in [0.5, 0.6) is 5.75 Å². The number of cyclic esters (lactones) is 1. The number of halogens is 1. The zero-order valence-electron chi connectivity index (χ0n) is 21.0. The molecule has 0 aromatic heterocycles. The van der Waals surface area contributed by atoms with Crippen molar-refractivity contribution in [1.82, 2.24) is 0 Å². The molecular formula is C29H28FNO7. The van der Waals surface area contributed by atoms with Crippen LogP contribution in [-0.4, -0.2) is 44.0 Å². The first-order valence-corrected chi connectivity index (χ1v) is 12.1. The van der Waals surface area contributed by atoms with Gasteiger partial charge in [0, 0.05) is 12.6 Å². The Bertz CT molecular complexity index is 1250. The zero-order chi connectivity index (χ0) is 27.1. The molecule has 0 bridgehead atoms. The first-order valence-electron chi connectivity index (χ1n) is 12.1. The molecule has 1 aliphatic heterocycles. The predicted molar refractivity (Wildman–Crippen MR) is 136 cm³/mol. The largest absolute Gasteiger partial charge is 0.482 e. The highest BCUT2D eigenvalue weighted by Crippen LogP contribution is 2.40. The maximum absolute atomic E-state index is 13.7. The number of benzene rings is 3. The Morgan fingerprint density at radius 2 is 1.68 bits per heavy atom. The summed E-state index contributed by atoms with van der Waals surface area (Å²) in [6.45, 7) is 1.06. The number of hydrogen-bond acceptors (Lipinski definition) is 7. The van der Waals surface area contributed by atoms with E-state index in [1.165, 1.54) is 43.2 Å². The monoisotopic (exact) mass is 521 g/mol. The number of carbonyl (C=O) groups excluding carboxylic acids is 3. The third-order valence-corrected chi connectivity index (χ3v) is 6.18. The molecule has 3 atom stereocenters. The highest BCUT2D eigenvalue weighted by atomic mass is 19.1. The van der Waals surface area contributed by atoms with Crippen molar-refractivity contribution < 1.29 is 37.7 Å². The van der Waals surface area contributed by atoms with E-state index in [0.717, 1.165) is 5.56 Å². The summed E-state index contributed by atoms with van der Waals surface area (Å²) in [5.74, 6) is -1.03. The summed E-state index contributed by atoms with van der Waals surface area (Å²) in [6.07, 6.45) is -1.23. The van der Waals surface area contributed by atoms with Crippen LogP contribution in [0.2, 0.25) is 0 Å². The van der Waals surface area contributed by atoms with Crippen molar-refractivity contribution in [2.24, 2.45) is 0 Å². The van der Waals surface area contributed by atoms with Gasteiger partial charge in [-0.3, -0.25) is 9.69 Å². The summed E-state index contributed by atoms with van der Waals surface area (Å²) in [5.41, 5.74) is 2.15. The lowest BCUT2D eigenvalue weighted by Crippen LogP contribution is -2.38. The second kappa shape index (κ2) is 12.2. The van der Waals surface area contributed by atoms with Crippen LogP contribution in [0.4, 0.5) is 14.9 Å². The average Bonchev–Trinajstić information content (AvgIpc) is 3.27. The fourth-order valence-electron chi connectivity index (χ4n) is 4.40. The third kappa shape index (κ3) is 6.47. The van der Waals surface area contributed by atoms with E-state index in [1.807, 2.05) is 30.3 Å². The molecule has 0 spiro atoms. The molecule has 1 heterocycles. The minimum atomic E-state index is -0.845. The number of amides is 1. The minimum Gasteiger partial charge on any atom is -0.482 e. The molecule has 8 nitrogen and oxygen atoms in total. The van der Waals surface area contributed by atoms with Gasteiger partial charge in [-0.15, -0.1) is 0 Å². The van der Waals surface area contributed by atoms with Gasteiger partial charge in [0.1, 0.15) is 23.7 Å². The van der Waals surface area contributed by atoms with E-state index in [1.54, 1.807) is 24.3 Å². The number of anilines is 1. The molecule has 3 unspecified atom stereocenters. The topological polar surface area (TPSA) is 91.4 Å². The summed E-state index contributed by atoms with van der Waals surface area (Å²) in [4.78, 5) is 38.1. The summed E-state index contributed by atoms with van der Waals surface area (Å²) in [7, 11) is 1.27. The van der Waals surface area contributed by atoms with Crippen molar-refractivity contribution in [1.29, 1.82) is 0 Å². The molecule has 1 aliphatic rings. The molecule has 9 heteroatoms. The SMILES string of the molecule is COC(=O)COc1ccc(C2C(C(CCc3ccccc3)OC(C)=O)OC(=O)N2c2ccc(F)cc2)cc1. The number of methoxy groups -OCH3 is 1. The molecule has 1 saturated heterocycles. The van der Waals surface area contributed by atoms with E-state index in [2.05, 4.69) is 4.74 Å². The Labute approximate surface area is 219 Å². The smallest absolute Gasteiger partial charge is 0.415 e. The number of rotatable bonds is 10. The fourth-order valence-corrected chi connectivity index (χ4v) is 4.40. The lowest BCUT2D eigenvalue weighted by atomic mass is 9.93. The molecule has 1 fully saturated rings. The molecule has 198 valence electrons. The first kappa shape index (κ1) is 26.7. The van der Waals surface area contributed by atoms with Gasteiger partial charge in [0.25, 0.3) is 0 Å². The van der Waals surface area contributed by atoms with Gasteiger partial charge < -0.3 is 18.9 Å². The van der Waals surface area contributed by atoms with Crippen molar-refractivity contribution >= 4 is 23.7 Å². The highest BCUT2D eigenvalue weighted by Gasteiger charge is 2.48. The van der Waals surface area contributed by atoms with Crippen LogP contribution in [0.1, 0.15) is 30.5 Å². The second-order valence-electron chi connectivity index (χ2n) is 8.75. The summed E-state index contributed by atoms with van der Waals surface area (Å²) >= 11 is 0. The Morgan fingerprint density at radius 1 is 1.00 bits per heavy atom. The summed E-state index contributed by atoms with van der Waals surface area (Å²) < 4.78 is 35.2. The van der Waals surface area contributed by atoms with Crippen LogP contribution in [0.25, 0.3) is 0 Å². The van der Waals surface area contributed by atoms with E-state index in [9.17, 15) is 18.8 Å². The van der Waals surface area contributed by atoms with Crippen molar-refractivity contribution in [3.63, 3.8) is 0 Å². The summed E-state index contributed by atoms with van der Waals surface area (Å²) in [6, 6.07) is 21.3. The average molecular weight is 522 g/mol. The second-order valence-corrected chi connectivity index (χ2v) is 8.75. The van der Waals surface area contributed by atoms with Crippen molar-refractivity contribution in [2.45, 2.75) is 38.0 Å². The number of aryl methyl sites for hydroxylation is 1. The number of ether oxygens (including phenoxy) is 4.